The second kappa shape index (κ2) is 10.2. The van der Waals surface area contributed by atoms with Gasteiger partial charge in [-0.2, -0.15) is 16.5 Å². The summed E-state index contributed by atoms with van der Waals surface area (Å²) in [6, 6.07) is 11.1. The number of sulfonamides is 1. The van der Waals surface area contributed by atoms with Crippen molar-refractivity contribution in [2.45, 2.75) is 23.9 Å². The molecule has 0 aromatic heterocycles. The Morgan fingerprint density at radius 3 is 2.46 bits per heavy atom. The summed E-state index contributed by atoms with van der Waals surface area (Å²) in [5.74, 6) is -0.671. The highest BCUT2D eigenvalue weighted by molar-refractivity contribution is 7.98. The van der Waals surface area contributed by atoms with Crippen molar-refractivity contribution in [1.29, 1.82) is 0 Å². The molecule has 1 unspecified atom stereocenters. The van der Waals surface area contributed by atoms with Crippen LogP contribution in [0.5, 0.6) is 0 Å². The molecule has 0 saturated carbocycles. The van der Waals surface area contributed by atoms with Crippen LogP contribution in [0.3, 0.4) is 0 Å². The number of carbonyl (C=O) groups is 1. The van der Waals surface area contributed by atoms with Crippen LogP contribution in [0.2, 0.25) is 5.02 Å². The molecular weight excluding hydrogens is 423 g/mol. The van der Waals surface area contributed by atoms with Crippen LogP contribution in [0, 0.1) is 5.82 Å². The first-order valence-electron chi connectivity index (χ1n) is 8.50. The van der Waals surface area contributed by atoms with Crippen LogP contribution in [0.1, 0.15) is 12.0 Å². The van der Waals surface area contributed by atoms with E-state index in [2.05, 4.69) is 4.72 Å². The highest BCUT2D eigenvalue weighted by Gasteiger charge is 2.29. The van der Waals surface area contributed by atoms with E-state index < -0.39 is 26.8 Å². The maximum atomic E-state index is 13.9. The molecule has 0 aliphatic carbocycles. The fourth-order valence-corrected chi connectivity index (χ4v) is 4.49. The van der Waals surface area contributed by atoms with Gasteiger partial charge in [-0.05, 0) is 48.3 Å². The molecule has 0 aliphatic rings. The van der Waals surface area contributed by atoms with Gasteiger partial charge in [0.25, 0.3) is 0 Å². The molecule has 1 N–H and O–H groups in total. The molecule has 5 nitrogen and oxygen atoms in total. The van der Waals surface area contributed by atoms with Crippen molar-refractivity contribution in [3.05, 3.63) is 64.9 Å². The lowest BCUT2D eigenvalue weighted by molar-refractivity contribution is -0.132. The first-order chi connectivity index (χ1) is 13.2. The molecule has 0 fully saturated rings. The number of nitrogens with one attached hydrogen (secondary N) is 1. The number of benzene rings is 2. The number of carbonyl (C=O) groups excluding carboxylic acids is 1. The van der Waals surface area contributed by atoms with Crippen molar-refractivity contribution in [1.82, 2.24) is 9.62 Å². The third kappa shape index (κ3) is 6.20. The van der Waals surface area contributed by atoms with E-state index in [0.29, 0.717) is 23.7 Å². The Balaban J connectivity index is 2.18. The largest absolute Gasteiger partial charge is 0.340 e. The Hall–Kier alpha value is -1.61. The Kier molecular flexibility index (Phi) is 8.30. The molecule has 9 heteroatoms. The van der Waals surface area contributed by atoms with Crippen LogP contribution in [-0.4, -0.2) is 44.3 Å². The van der Waals surface area contributed by atoms with Gasteiger partial charge in [0.1, 0.15) is 16.8 Å². The minimum Gasteiger partial charge on any atom is -0.340 e. The molecule has 0 heterocycles. The maximum absolute atomic E-state index is 13.9. The Morgan fingerprint density at radius 1 is 1.21 bits per heavy atom. The molecule has 2 aromatic rings. The monoisotopic (exact) mass is 444 g/mol. The van der Waals surface area contributed by atoms with Gasteiger partial charge >= 0.3 is 0 Å². The van der Waals surface area contributed by atoms with Gasteiger partial charge in [-0.15, -0.1) is 0 Å². The van der Waals surface area contributed by atoms with Crippen molar-refractivity contribution in [3.8, 4) is 0 Å². The van der Waals surface area contributed by atoms with Crippen LogP contribution in [-0.2, 0) is 21.4 Å². The zero-order chi connectivity index (χ0) is 20.7. The van der Waals surface area contributed by atoms with Gasteiger partial charge in [-0.3, -0.25) is 4.79 Å². The highest BCUT2D eigenvalue weighted by atomic mass is 35.5. The number of hydrogen-bond donors (Lipinski definition) is 1. The summed E-state index contributed by atoms with van der Waals surface area (Å²) in [7, 11) is -2.58. The second-order valence-corrected chi connectivity index (χ2v) is 9.31. The summed E-state index contributed by atoms with van der Waals surface area (Å²) in [6.45, 7) is 0.299. The van der Waals surface area contributed by atoms with Crippen molar-refractivity contribution in [2.24, 2.45) is 0 Å². The summed E-state index contributed by atoms with van der Waals surface area (Å²) >= 11 is 7.37. The molecule has 152 valence electrons. The van der Waals surface area contributed by atoms with Crippen LogP contribution >= 0.6 is 23.4 Å². The van der Waals surface area contributed by atoms with Crippen molar-refractivity contribution in [2.75, 3.05) is 19.1 Å². The fourth-order valence-electron chi connectivity index (χ4n) is 2.59. The summed E-state index contributed by atoms with van der Waals surface area (Å²) < 4.78 is 41.5. The van der Waals surface area contributed by atoms with E-state index in [4.69, 9.17) is 11.6 Å². The molecule has 2 aromatic carbocycles. The average molecular weight is 445 g/mol. The van der Waals surface area contributed by atoms with E-state index in [1.165, 1.54) is 34.9 Å². The topological polar surface area (TPSA) is 66.5 Å². The number of likely N-dealkylation sites (N-methyl/N-ethyl adjacent to an activating group) is 1. The van der Waals surface area contributed by atoms with Crippen molar-refractivity contribution >= 4 is 39.3 Å². The summed E-state index contributed by atoms with van der Waals surface area (Å²) in [5, 5.41) is 0.591. The third-order valence-electron chi connectivity index (χ3n) is 4.04. The van der Waals surface area contributed by atoms with E-state index >= 15 is 0 Å². The maximum Gasteiger partial charge on any atom is 0.244 e. The number of nitrogens with zero attached hydrogens (tertiary/aromatic N) is 1. The normalized spacial score (nSPS) is 12.6. The van der Waals surface area contributed by atoms with E-state index in [-0.39, 0.29) is 5.91 Å². The van der Waals surface area contributed by atoms with Crippen LogP contribution in [0.4, 0.5) is 4.39 Å². The van der Waals surface area contributed by atoms with Gasteiger partial charge in [0.05, 0.1) is 0 Å². The minimum absolute atomic E-state index is 0.290. The standard InChI is InChI=1S/C19H22ClFN2O3S2/c1-23(13-14-7-9-15(20)10-8-14)19(24)17(11-12-27-2)22-28(25,26)18-6-4-3-5-16(18)21/h3-10,17,22H,11-13H2,1-2H3. The average Bonchev–Trinajstić information content (AvgIpc) is 2.66. The number of halogens is 2. The smallest absolute Gasteiger partial charge is 0.244 e. The van der Waals surface area contributed by atoms with E-state index in [1.807, 2.05) is 6.26 Å². The van der Waals surface area contributed by atoms with Gasteiger partial charge in [-0.1, -0.05) is 35.9 Å². The Labute approximate surface area is 174 Å². The fraction of sp³-hybridized carbons (Fsp3) is 0.316. The molecule has 2 rings (SSSR count). The first-order valence-corrected chi connectivity index (χ1v) is 11.8. The quantitative estimate of drug-likeness (QED) is 0.642. The minimum atomic E-state index is -4.18. The van der Waals surface area contributed by atoms with E-state index in [0.717, 1.165) is 11.6 Å². The Bertz CT molecular complexity index is 908. The third-order valence-corrected chi connectivity index (χ3v) is 6.44. The van der Waals surface area contributed by atoms with Gasteiger partial charge in [0.15, 0.2) is 0 Å². The predicted molar refractivity (Wildman–Crippen MR) is 111 cm³/mol. The number of thioether (sulfide) groups is 1. The Morgan fingerprint density at radius 2 is 1.86 bits per heavy atom. The zero-order valence-electron chi connectivity index (χ0n) is 15.6. The lowest BCUT2D eigenvalue weighted by Crippen LogP contribution is -2.47. The van der Waals surface area contributed by atoms with Gasteiger partial charge in [-0.25, -0.2) is 12.8 Å². The summed E-state index contributed by atoms with van der Waals surface area (Å²) in [6.07, 6.45) is 2.16. The van der Waals surface area contributed by atoms with E-state index in [9.17, 15) is 17.6 Å². The van der Waals surface area contributed by atoms with Crippen LogP contribution in [0.25, 0.3) is 0 Å². The zero-order valence-corrected chi connectivity index (χ0v) is 18.0. The molecule has 0 radical (unpaired) electrons. The van der Waals surface area contributed by atoms with Gasteiger partial charge in [0.2, 0.25) is 15.9 Å². The SMILES string of the molecule is CSCCC(NS(=O)(=O)c1ccccc1F)C(=O)N(C)Cc1ccc(Cl)cc1. The summed E-state index contributed by atoms with van der Waals surface area (Å²) in [4.78, 5) is 13.9. The lowest BCUT2D eigenvalue weighted by atomic mass is 10.2. The predicted octanol–water partition coefficient (Wildman–Crippen LogP) is 3.54. The summed E-state index contributed by atoms with van der Waals surface area (Å²) in [5.41, 5.74) is 0.862. The molecule has 0 aliphatic heterocycles. The first kappa shape index (κ1) is 22.7. The van der Waals surface area contributed by atoms with Crippen LogP contribution in [0.15, 0.2) is 53.4 Å². The highest BCUT2D eigenvalue weighted by Crippen LogP contribution is 2.16. The lowest BCUT2D eigenvalue weighted by Gasteiger charge is -2.24. The van der Waals surface area contributed by atoms with Crippen LogP contribution < -0.4 is 4.72 Å². The van der Waals surface area contributed by atoms with Crippen molar-refractivity contribution in [3.63, 3.8) is 0 Å². The number of amides is 1. The molecule has 28 heavy (non-hydrogen) atoms. The van der Waals surface area contributed by atoms with Gasteiger partial charge in [0, 0.05) is 18.6 Å². The molecular formula is C19H22ClFN2O3S2. The number of hydrogen-bond acceptors (Lipinski definition) is 4. The van der Waals surface area contributed by atoms with Crippen molar-refractivity contribution < 1.29 is 17.6 Å². The molecule has 0 saturated heterocycles. The van der Waals surface area contributed by atoms with E-state index in [1.54, 1.807) is 31.3 Å². The molecule has 1 amide bonds. The van der Waals surface area contributed by atoms with Gasteiger partial charge < -0.3 is 4.90 Å². The number of rotatable bonds is 9. The second-order valence-electron chi connectivity index (χ2n) is 6.21. The molecule has 0 spiro atoms. The molecule has 1 atom stereocenters. The molecule has 0 bridgehead atoms.